The number of para-hydroxylation sites is 1. The van der Waals surface area contributed by atoms with Gasteiger partial charge in [-0.2, -0.15) is 0 Å². The van der Waals surface area contributed by atoms with Crippen molar-refractivity contribution in [3.63, 3.8) is 0 Å². The van der Waals surface area contributed by atoms with Crippen LogP contribution in [0.25, 0.3) is 0 Å². The Balaban J connectivity index is 2.50. The van der Waals surface area contributed by atoms with Crippen LogP contribution in [0.4, 0.5) is 5.69 Å². The van der Waals surface area contributed by atoms with Crippen LogP contribution in [0.15, 0.2) is 50.2 Å². The predicted octanol–water partition coefficient (Wildman–Crippen LogP) is 4.88. The van der Waals surface area contributed by atoms with Gasteiger partial charge in [-0.15, -0.1) is 0 Å². The summed E-state index contributed by atoms with van der Waals surface area (Å²) in [6.45, 7) is 3.90. The molecule has 0 aliphatic heterocycles. The molecule has 2 aromatic carbocycles. The molecule has 0 fully saturated rings. The van der Waals surface area contributed by atoms with Crippen LogP contribution in [-0.4, -0.2) is 8.42 Å². The largest absolute Gasteiger partial charge is 0.279 e. The summed E-state index contributed by atoms with van der Waals surface area (Å²) in [4.78, 5) is 0.210. The van der Waals surface area contributed by atoms with Crippen molar-refractivity contribution in [3.8, 4) is 0 Å². The molecule has 21 heavy (non-hydrogen) atoms. The zero-order valence-electron chi connectivity index (χ0n) is 11.7. The molecule has 3 nitrogen and oxygen atoms in total. The lowest BCUT2D eigenvalue weighted by molar-refractivity contribution is 0.600. The molecule has 0 amide bonds. The van der Waals surface area contributed by atoms with Gasteiger partial charge in [-0.1, -0.05) is 41.1 Å². The minimum atomic E-state index is -3.65. The normalized spacial score (nSPS) is 11.4. The highest BCUT2D eigenvalue weighted by Crippen LogP contribution is 2.29. The molecule has 2 aromatic rings. The van der Waals surface area contributed by atoms with Crippen LogP contribution in [-0.2, 0) is 16.4 Å². The van der Waals surface area contributed by atoms with Crippen molar-refractivity contribution in [3.05, 3.63) is 56.5 Å². The van der Waals surface area contributed by atoms with E-state index in [4.69, 9.17) is 0 Å². The molecular formula is C15H15Br2NO2S. The quantitative estimate of drug-likeness (QED) is 0.747. The van der Waals surface area contributed by atoms with Crippen LogP contribution in [0.1, 0.15) is 18.1 Å². The zero-order chi connectivity index (χ0) is 15.6. The van der Waals surface area contributed by atoms with Crippen molar-refractivity contribution in [1.82, 2.24) is 0 Å². The minimum absolute atomic E-state index is 0.210. The maximum atomic E-state index is 12.6. The highest BCUT2D eigenvalue weighted by Gasteiger charge is 2.20. The van der Waals surface area contributed by atoms with Crippen molar-refractivity contribution in [1.29, 1.82) is 0 Å². The molecule has 0 aliphatic carbocycles. The molecule has 0 heterocycles. The van der Waals surface area contributed by atoms with E-state index >= 15 is 0 Å². The van der Waals surface area contributed by atoms with Crippen molar-refractivity contribution >= 4 is 47.6 Å². The number of sulfonamides is 1. The summed E-state index contributed by atoms with van der Waals surface area (Å²) in [5, 5.41) is 0. The van der Waals surface area contributed by atoms with Gasteiger partial charge in [-0.25, -0.2) is 8.42 Å². The predicted molar refractivity (Wildman–Crippen MR) is 93.2 cm³/mol. The van der Waals surface area contributed by atoms with Crippen LogP contribution in [0.2, 0.25) is 0 Å². The summed E-state index contributed by atoms with van der Waals surface area (Å²) < 4.78 is 29.2. The zero-order valence-corrected chi connectivity index (χ0v) is 15.6. The number of benzene rings is 2. The van der Waals surface area contributed by atoms with Gasteiger partial charge >= 0.3 is 0 Å². The molecular weight excluding hydrogens is 418 g/mol. The smallest absolute Gasteiger partial charge is 0.263 e. The van der Waals surface area contributed by atoms with E-state index in [1.54, 1.807) is 18.2 Å². The molecule has 0 spiro atoms. The average molecular weight is 433 g/mol. The average Bonchev–Trinajstić information content (AvgIpc) is 2.43. The fourth-order valence-electron chi connectivity index (χ4n) is 2.04. The van der Waals surface area contributed by atoms with Crippen molar-refractivity contribution < 1.29 is 8.42 Å². The summed E-state index contributed by atoms with van der Waals surface area (Å²) in [5.41, 5.74) is 2.54. The molecule has 0 radical (unpaired) electrons. The molecule has 0 saturated carbocycles. The van der Waals surface area contributed by atoms with Gasteiger partial charge in [0.25, 0.3) is 10.0 Å². The Morgan fingerprint density at radius 2 is 1.86 bits per heavy atom. The molecule has 2 rings (SSSR count). The van der Waals surface area contributed by atoms with E-state index in [0.29, 0.717) is 14.6 Å². The number of halogens is 2. The second-order valence-corrected chi connectivity index (χ2v) is 8.06. The number of hydrogen-bond donors (Lipinski definition) is 1. The highest BCUT2D eigenvalue weighted by atomic mass is 79.9. The fourth-order valence-corrected chi connectivity index (χ4v) is 4.72. The summed E-state index contributed by atoms with van der Waals surface area (Å²) in [6.07, 6.45) is 0.763. The molecule has 0 aromatic heterocycles. The molecule has 112 valence electrons. The van der Waals surface area contributed by atoms with Gasteiger partial charge in [0.05, 0.1) is 5.69 Å². The van der Waals surface area contributed by atoms with E-state index in [-0.39, 0.29) is 4.90 Å². The first-order valence-electron chi connectivity index (χ1n) is 6.41. The Kier molecular flexibility index (Phi) is 5.11. The number of hydrogen-bond acceptors (Lipinski definition) is 2. The number of nitrogens with one attached hydrogen (secondary N) is 1. The first-order valence-corrected chi connectivity index (χ1v) is 9.48. The molecule has 0 aliphatic rings. The highest BCUT2D eigenvalue weighted by molar-refractivity contribution is 9.11. The Bertz CT molecular complexity index is 773. The van der Waals surface area contributed by atoms with E-state index in [0.717, 1.165) is 17.5 Å². The second-order valence-electron chi connectivity index (χ2n) is 4.64. The Labute approximate surface area is 142 Å². The topological polar surface area (TPSA) is 46.2 Å². The third kappa shape index (κ3) is 3.67. The fraction of sp³-hybridized carbons (Fsp3) is 0.200. The lowest BCUT2D eigenvalue weighted by atomic mass is 10.1. The first-order chi connectivity index (χ1) is 9.85. The van der Waals surface area contributed by atoms with Crippen LogP contribution in [0.3, 0.4) is 0 Å². The summed E-state index contributed by atoms with van der Waals surface area (Å²) in [6, 6.07) is 10.8. The van der Waals surface area contributed by atoms with Gasteiger partial charge in [-0.3, -0.25) is 4.72 Å². The van der Waals surface area contributed by atoms with Crippen LogP contribution in [0, 0.1) is 6.92 Å². The van der Waals surface area contributed by atoms with Gasteiger partial charge in [-0.05, 0) is 58.6 Å². The third-order valence-corrected chi connectivity index (χ3v) is 6.00. The van der Waals surface area contributed by atoms with E-state index in [1.165, 1.54) is 0 Å². The van der Waals surface area contributed by atoms with Gasteiger partial charge in [0.15, 0.2) is 0 Å². The second kappa shape index (κ2) is 6.50. The van der Waals surface area contributed by atoms with E-state index < -0.39 is 10.0 Å². The number of anilines is 1. The van der Waals surface area contributed by atoms with Gasteiger partial charge in [0, 0.05) is 8.95 Å². The molecule has 6 heteroatoms. The maximum Gasteiger partial charge on any atom is 0.263 e. The Morgan fingerprint density at radius 1 is 1.14 bits per heavy atom. The van der Waals surface area contributed by atoms with Gasteiger partial charge in [0.2, 0.25) is 0 Å². The van der Waals surface area contributed by atoms with Crippen LogP contribution >= 0.6 is 31.9 Å². The van der Waals surface area contributed by atoms with Gasteiger partial charge < -0.3 is 0 Å². The van der Waals surface area contributed by atoms with Crippen molar-refractivity contribution in [2.24, 2.45) is 0 Å². The number of aryl methyl sites for hydroxylation is 2. The van der Waals surface area contributed by atoms with Crippen LogP contribution < -0.4 is 4.72 Å². The SMILES string of the molecule is CCc1cccc(C)c1NS(=O)(=O)c1cc(Br)ccc1Br. The van der Waals surface area contributed by atoms with E-state index in [9.17, 15) is 8.42 Å². The standard InChI is InChI=1S/C15H15Br2NO2S/c1-3-11-6-4-5-10(2)15(11)18-21(19,20)14-9-12(16)7-8-13(14)17/h4-9,18H,3H2,1-2H3. The molecule has 1 N–H and O–H groups in total. The third-order valence-electron chi connectivity index (χ3n) is 3.16. The molecule has 0 bridgehead atoms. The first kappa shape index (κ1) is 16.5. The summed E-state index contributed by atoms with van der Waals surface area (Å²) in [5.74, 6) is 0. The molecule has 0 unspecified atom stereocenters. The maximum absolute atomic E-state index is 12.6. The lowest BCUT2D eigenvalue weighted by Crippen LogP contribution is -2.15. The van der Waals surface area contributed by atoms with E-state index in [1.807, 2.05) is 32.0 Å². The van der Waals surface area contributed by atoms with Crippen LogP contribution in [0.5, 0.6) is 0 Å². The van der Waals surface area contributed by atoms with E-state index in [2.05, 4.69) is 36.6 Å². The summed E-state index contributed by atoms with van der Waals surface area (Å²) >= 11 is 6.60. The van der Waals surface area contributed by atoms with Gasteiger partial charge in [0.1, 0.15) is 4.90 Å². The Hall–Kier alpha value is -0.850. The molecule has 0 saturated heterocycles. The summed E-state index contributed by atoms with van der Waals surface area (Å²) in [7, 11) is -3.65. The Morgan fingerprint density at radius 3 is 2.52 bits per heavy atom. The minimum Gasteiger partial charge on any atom is -0.279 e. The van der Waals surface area contributed by atoms with Crippen molar-refractivity contribution in [2.75, 3.05) is 4.72 Å². The monoisotopic (exact) mass is 431 g/mol. The lowest BCUT2D eigenvalue weighted by Gasteiger charge is -2.15. The van der Waals surface area contributed by atoms with Crippen molar-refractivity contribution in [2.45, 2.75) is 25.2 Å². The molecule has 0 atom stereocenters. The number of rotatable bonds is 4.